The summed E-state index contributed by atoms with van der Waals surface area (Å²) in [7, 11) is 1.44. The molecule has 0 amide bonds. The van der Waals surface area contributed by atoms with Crippen molar-refractivity contribution in [3.8, 4) is 11.5 Å². The molecule has 0 spiro atoms. The number of pyridine rings is 1. The van der Waals surface area contributed by atoms with E-state index in [1.807, 2.05) is 18.3 Å². The Labute approximate surface area is 114 Å². The van der Waals surface area contributed by atoms with Crippen molar-refractivity contribution < 1.29 is 14.2 Å². The van der Waals surface area contributed by atoms with Crippen molar-refractivity contribution in [2.24, 2.45) is 0 Å². The lowest BCUT2D eigenvalue weighted by atomic mass is 10.0. The quantitative estimate of drug-likeness (QED) is 0.770. The number of halogens is 1. The molecule has 2 N–H and O–H groups in total. The van der Waals surface area contributed by atoms with Gasteiger partial charge in [0, 0.05) is 30.3 Å². The second-order valence-corrected chi connectivity index (χ2v) is 4.51. The monoisotopic (exact) mass is 272 g/mol. The first kappa shape index (κ1) is 12.5. The Morgan fingerprint density at radius 2 is 2.20 bits per heavy atom. The SMILES string of the molecule is COc1cc(Cc2c[nH]c3ncccc23)c(F)cc1O. The van der Waals surface area contributed by atoms with Crippen LogP contribution in [0.4, 0.5) is 4.39 Å². The predicted molar refractivity (Wildman–Crippen MR) is 73.5 cm³/mol. The Bertz CT molecular complexity index is 768. The molecule has 0 aliphatic rings. The number of aromatic amines is 1. The summed E-state index contributed by atoms with van der Waals surface area (Å²) >= 11 is 0. The lowest BCUT2D eigenvalue weighted by molar-refractivity contribution is 0.370. The minimum atomic E-state index is -0.457. The number of benzene rings is 1. The molecule has 0 atom stereocenters. The van der Waals surface area contributed by atoms with Gasteiger partial charge in [0.2, 0.25) is 0 Å². The Balaban J connectivity index is 2.03. The number of hydrogen-bond donors (Lipinski definition) is 2. The van der Waals surface area contributed by atoms with Crippen LogP contribution in [0, 0.1) is 5.82 Å². The Hall–Kier alpha value is -2.56. The van der Waals surface area contributed by atoms with Crippen molar-refractivity contribution in [1.29, 1.82) is 0 Å². The van der Waals surface area contributed by atoms with Gasteiger partial charge in [0.15, 0.2) is 11.5 Å². The number of ether oxygens (including phenoxy) is 1. The molecular weight excluding hydrogens is 259 g/mol. The third-order valence-corrected chi connectivity index (χ3v) is 3.27. The van der Waals surface area contributed by atoms with E-state index in [0.717, 1.165) is 22.7 Å². The molecule has 0 radical (unpaired) electrons. The van der Waals surface area contributed by atoms with Crippen LogP contribution in [-0.2, 0) is 6.42 Å². The van der Waals surface area contributed by atoms with Gasteiger partial charge in [0.1, 0.15) is 11.5 Å². The van der Waals surface area contributed by atoms with Gasteiger partial charge in [-0.1, -0.05) is 0 Å². The zero-order valence-corrected chi connectivity index (χ0v) is 10.9. The maximum absolute atomic E-state index is 13.9. The zero-order chi connectivity index (χ0) is 14.1. The zero-order valence-electron chi connectivity index (χ0n) is 10.9. The highest BCUT2D eigenvalue weighted by Gasteiger charge is 2.12. The summed E-state index contributed by atoms with van der Waals surface area (Å²) in [5.41, 5.74) is 2.18. The highest BCUT2D eigenvalue weighted by atomic mass is 19.1. The van der Waals surface area contributed by atoms with Crippen molar-refractivity contribution in [2.75, 3.05) is 7.11 Å². The Morgan fingerprint density at radius 3 is 3.00 bits per heavy atom. The molecule has 3 aromatic rings. The van der Waals surface area contributed by atoms with Crippen LogP contribution >= 0.6 is 0 Å². The first-order chi connectivity index (χ1) is 9.69. The minimum absolute atomic E-state index is 0.200. The van der Waals surface area contributed by atoms with Crippen LogP contribution in [0.1, 0.15) is 11.1 Å². The highest BCUT2D eigenvalue weighted by molar-refractivity contribution is 5.79. The number of nitrogens with zero attached hydrogens (tertiary/aromatic N) is 1. The van der Waals surface area contributed by atoms with Gasteiger partial charge >= 0.3 is 0 Å². The first-order valence-electron chi connectivity index (χ1n) is 6.15. The minimum Gasteiger partial charge on any atom is -0.504 e. The van der Waals surface area contributed by atoms with Crippen LogP contribution in [0.15, 0.2) is 36.7 Å². The fraction of sp³-hybridized carbons (Fsp3) is 0.133. The van der Waals surface area contributed by atoms with E-state index in [2.05, 4.69) is 9.97 Å². The normalized spacial score (nSPS) is 10.9. The van der Waals surface area contributed by atoms with Gasteiger partial charge in [-0.25, -0.2) is 9.37 Å². The topological polar surface area (TPSA) is 58.1 Å². The van der Waals surface area contributed by atoms with Crippen molar-refractivity contribution in [1.82, 2.24) is 9.97 Å². The van der Waals surface area contributed by atoms with E-state index in [1.165, 1.54) is 13.2 Å². The van der Waals surface area contributed by atoms with E-state index >= 15 is 0 Å². The van der Waals surface area contributed by atoms with E-state index < -0.39 is 5.82 Å². The summed E-state index contributed by atoms with van der Waals surface area (Å²) in [5, 5.41) is 10.5. The van der Waals surface area contributed by atoms with Crippen molar-refractivity contribution in [2.45, 2.75) is 6.42 Å². The van der Waals surface area contributed by atoms with Gasteiger partial charge < -0.3 is 14.8 Å². The van der Waals surface area contributed by atoms with Gasteiger partial charge in [0.05, 0.1) is 7.11 Å². The second-order valence-electron chi connectivity index (χ2n) is 4.51. The molecular formula is C15H13FN2O2. The van der Waals surface area contributed by atoms with E-state index in [0.29, 0.717) is 12.0 Å². The van der Waals surface area contributed by atoms with Gasteiger partial charge in [-0.3, -0.25) is 0 Å². The Kier molecular flexibility index (Phi) is 3.02. The van der Waals surface area contributed by atoms with Gasteiger partial charge in [-0.2, -0.15) is 0 Å². The smallest absolute Gasteiger partial charge is 0.160 e. The molecule has 0 bridgehead atoms. The maximum Gasteiger partial charge on any atom is 0.160 e. The summed E-state index contributed by atoms with van der Waals surface area (Å²) in [4.78, 5) is 7.25. The lowest BCUT2D eigenvalue weighted by Crippen LogP contribution is -1.94. The van der Waals surface area contributed by atoms with E-state index in [1.54, 1.807) is 6.20 Å². The number of nitrogens with one attached hydrogen (secondary N) is 1. The number of aromatic hydroxyl groups is 1. The number of hydrogen-bond acceptors (Lipinski definition) is 3. The molecule has 2 heterocycles. The molecule has 0 fully saturated rings. The number of methoxy groups -OCH3 is 1. The number of rotatable bonds is 3. The maximum atomic E-state index is 13.9. The largest absolute Gasteiger partial charge is 0.504 e. The lowest BCUT2D eigenvalue weighted by Gasteiger charge is -2.08. The van der Waals surface area contributed by atoms with Gasteiger partial charge in [-0.05, 0) is 29.3 Å². The van der Waals surface area contributed by atoms with E-state index in [9.17, 15) is 9.50 Å². The molecule has 0 aliphatic heterocycles. The molecule has 3 rings (SSSR count). The second kappa shape index (κ2) is 4.85. The third-order valence-electron chi connectivity index (χ3n) is 3.27. The Morgan fingerprint density at radius 1 is 1.35 bits per heavy atom. The molecule has 0 unspecified atom stereocenters. The summed E-state index contributed by atoms with van der Waals surface area (Å²) < 4.78 is 18.9. The number of phenols is 1. The molecule has 4 nitrogen and oxygen atoms in total. The fourth-order valence-corrected chi connectivity index (χ4v) is 2.25. The summed E-state index contributed by atoms with van der Waals surface area (Å²) in [6, 6.07) is 6.36. The van der Waals surface area contributed by atoms with Crippen LogP contribution in [-0.4, -0.2) is 22.2 Å². The van der Waals surface area contributed by atoms with Crippen LogP contribution in [0.3, 0.4) is 0 Å². The number of phenolic OH excluding ortho intramolecular Hbond substituents is 1. The molecule has 102 valence electrons. The fourth-order valence-electron chi connectivity index (χ4n) is 2.25. The number of H-pyrrole nitrogens is 1. The molecule has 5 heteroatoms. The molecule has 0 saturated heterocycles. The van der Waals surface area contributed by atoms with Crippen LogP contribution in [0.25, 0.3) is 11.0 Å². The summed E-state index contributed by atoms with van der Waals surface area (Å²) in [6.07, 6.45) is 3.91. The average molecular weight is 272 g/mol. The van der Waals surface area contributed by atoms with Crippen molar-refractivity contribution in [3.05, 3.63) is 53.6 Å². The molecule has 1 aromatic carbocycles. The predicted octanol–water partition coefficient (Wildman–Crippen LogP) is 3.01. The molecule has 20 heavy (non-hydrogen) atoms. The van der Waals surface area contributed by atoms with Crippen molar-refractivity contribution in [3.63, 3.8) is 0 Å². The van der Waals surface area contributed by atoms with Gasteiger partial charge in [0.25, 0.3) is 0 Å². The van der Waals surface area contributed by atoms with E-state index in [4.69, 9.17) is 4.74 Å². The van der Waals surface area contributed by atoms with Crippen LogP contribution in [0.5, 0.6) is 11.5 Å². The van der Waals surface area contributed by atoms with Crippen LogP contribution in [0.2, 0.25) is 0 Å². The van der Waals surface area contributed by atoms with E-state index in [-0.39, 0.29) is 11.5 Å². The van der Waals surface area contributed by atoms with Crippen molar-refractivity contribution >= 4 is 11.0 Å². The number of aromatic nitrogens is 2. The standard InChI is InChI=1S/C15H13FN2O2/c1-20-14-6-9(12(16)7-13(14)19)5-10-8-18-15-11(10)3-2-4-17-15/h2-4,6-8,19H,5H2,1H3,(H,17,18). The van der Waals surface area contributed by atoms with Gasteiger partial charge in [-0.15, -0.1) is 0 Å². The average Bonchev–Trinajstić information content (AvgIpc) is 2.85. The first-order valence-corrected chi connectivity index (χ1v) is 6.15. The van der Waals surface area contributed by atoms with Crippen LogP contribution < -0.4 is 4.74 Å². The summed E-state index contributed by atoms with van der Waals surface area (Å²) in [6.45, 7) is 0. The third kappa shape index (κ3) is 2.07. The number of fused-ring (bicyclic) bond motifs is 1. The molecule has 0 saturated carbocycles. The highest BCUT2D eigenvalue weighted by Crippen LogP contribution is 2.30. The summed E-state index contributed by atoms with van der Waals surface area (Å²) in [5.74, 6) is -0.393. The molecule has 0 aliphatic carbocycles. The molecule has 2 aromatic heterocycles.